The highest BCUT2D eigenvalue weighted by Gasteiger charge is 2.55. The summed E-state index contributed by atoms with van der Waals surface area (Å²) in [4.78, 5) is 11.3. The normalized spacial score (nSPS) is 33.1. The molecule has 0 aliphatic carbocycles. The van der Waals surface area contributed by atoms with Crippen LogP contribution < -0.4 is 5.32 Å². The van der Waals surface area contributed by atoms with Gasteiger partial charge in [0.2, 0.25) is 5.91 Å². The van der Waals surface area contributed by atoms with Gasteiger partial charge in [-0.05, 0) is 5.56 Å². The number of hydrogen-bond acceptors (Lipinski definition) is 5. The molecule has 1 aliphatic heterocycles. The first-order chi connectivity index (χ1) is 9.47. The van der Waals surface area contributed by atoms with Crippen molar-refractivity contribution < 1.29 is 24.9 Å². The molecule has 6 nitrogen and oxygen atoms in total. The third-order valence-corrected chi connectivity index (χ3v) is 3.51. The molecule has 1 aliphatic rings. The summed E-state index contributed by atoms with van der Waals surface area (Å²) in [5.41, 5.74) is -0.882. The van der Waals surface area contributed by atoms with Gasteiger partial charge in [-0.2, -0.15) is 0 Å². The molecule has 0 radical (unpaired) electrons. The molecule has 4 atom stereocenters. The smallest absolute Gasteiger partial charge is 0.217 e. The number of ether oxygens (including phenoxy) is 1. The Hall–Kier alpha value is -1.47. The molecule has 1 amide bonds. The number of carbonyl (C=O) groups excluding carboxylic acids is 1. The monoisotopic (exact) mass is 281 g/mol. The van der Waals surface area contributed by atoms with Crippen LogP contribution in [0.25, 0.3) is 0 Å². The molecule has 1 aromatic carbocycles. The van der Waals surface area contributed by atoms with Gasteiger partial charge in [-0.25, -0.2) is 0 Å². The molecule has 0 unspecified atom stereocenters. The Morgan fingerprint density at radius 1 is 1.40 bits per heavy atom. The Morgan fingerprint density at radius 3 is 2.60 bits per heavy atom. The molecule has 1 fully saturated rings. The van der Waals surface area contributed by atoms with Gasteiger partial charge >= 0.3 is 0 Å². The van der Waals surface area contributed by atoms with E-state index < -0.39 is 30.6 Å². The molecule has 0 saturated carbocycles. The van der Waals surface area contributed by atoms with Crippen LogP contribution in [0.15, 0.2) is 30.3 Å². The minimum Gasteiger partial charge on any atom is -0.394 e. The van der Waals surface area contributed by atoms with Crippen LogP contribution in [0, 0.1) is 0 Å². The topological polar surface area (TPSA) is 99.0 Å². The molecule has 4 N–H and O–H groups in total. The molecular formula is C14H19NO5. The van der Waals surface area contributed by atoms with Gasteiger partial charge in [0.05, 0.1) is 12.6 Å². The van der Waals surface area contributed by atoms with Gasteiger partial charge in [-0.15, -0.1) is 0 Å². The maximum atomic E-state index is 11.3. The molecule has 0 bridgehead atoms. The number of nitrogens with one attached hydrogen (secondary N) is 1. The van der Waals surface area contributed by atoms with Crippen molar-refractivity contribution >= 4 is 5.91 Å². The molecule has 6 heteroatoms. The van der Waals surface area contributed by atoms with Crippen LogP contribution in [0.4, 0.5) is 0 Å². The highest BCUT2D eigenvalue weighted by Crippen LogP contribution is 2.33. The zero-order valence-corrected chi connectivity index (χ0v) is 11.2. The quantitative estimate of drug-likeness (QED) is 0.577. The van der Waals surface area contributed by atoms with Crippen molar-refractivity contribution in [1.82, 2.24) is 5.32 Å². The van der Waals surface area contributed by atoms with Crippen LogP contribution >= 0.6 is 0 Å². The van der Waals surface area contributed by atoms with E-state index in [0.29, 0.717) is 0 Å². The van der Waals surface area contributed by atoms with Crippen molar-refractivity contribution in [1.29, 1.82) is 0 Å². The molecular weight excluding hydrogens is 262 g/mol. The van der Waals surface area contributed by atoms with Gasteiger partial charge in [0.25, 0.3) is 0 Å². The van der Waals surface area contributed by atoms with Crippen LogP contribution in [0.1, 0.15) is 12.5 Å². The molecule has 0 aromatic heterocycles. The number of hydrogen-bond donors (Lipinski definition) is 4. The van der Waals surface area contributed by atoms with Crippen molar-refractivity contribution in [3.05, 3.63) is 35.9 Å². The summed E-state index contributed by atoms with van der Waals surface area (Å²) in [7, 11) is 0. The van der Waals surface area contributed by atoms with E-state index in [2.05, 4.69) is 5.32 Å². The van der Waals surface area contributed by atoms with Gasteiger partial charge in [-0.3, -0.25) is 4.79 Å². The second-order valence-corrected chi connectivity index (χ2v) is 5.04. The number of benzene rings is 1. The van der Waals surface area contributed by atoms with Crippen LogP contribution in [-0.4, -0.2) is 51.9 Å². The maximum Gasteiger partial charge on any atom is 0.217 e. The van der Waals surface area contributed by atoms with Crippen molar-refractivity contribution in [3.63, 3.8) is 0 Å². The fourth-order valence-corrected chi connectivity index (χ4v) is 2.54. The molecule has 110 valence electrons. The van der Waals surface area contributed by atoms with Crippen molar-refractivity contribution in [2.75, 3.05) is 6.61 Å². The molecule has 0 spiro atoms. The number of aliphatic hydroxyl groups excluding tert-OH is 2. The van der Waals surface area contributed by atoms with Crippen LogP contribution in [0.2, 0.25) is 0 Å². The van der Waals surface area contributed by atoms with E-state index in [-0.39, 0.29) is 12.3 Å². The van der Waals surface area contributed by atoms with Gasteiger partial charge in [0.1, 0.15) is 11.7 Å². The van der Waals surface area contributed by atoms with E-state index in [1.54, 1.807) is 0 Å². The minimum atomic E-state index is -1.68. The molecule has 20 heavy (non-hydrogen) atoms. The minimum absolute atomic E-state index is 0.108. The van der Waals surface area contributed by atoms with Gasteiger partial charge in [0, 0.05) is 13.3 Å². The number of carbonyl (C=O) groups is 1. The van der Waals surface area contributed by atoms with Crippen molar-refractivity contribution in [3.8, 4) is 0 Å². The Kier molecular flexibility index (Phi) is 4.39. The average molecular weight is 281 g/mol. The average Bonchev–Trinajstić information content (AvgIpc) is 2.64. The molecule has 1 heterocycles. The Balaban J connectivity index is 2.26. The van der Waals surface area contributed by atoms with Gasteiger partial charge in [0.15, 0.2) is 6.29 Å². The lowest BCUT2D eigenvalue weighted by Crippen LogP contribution is -2.58. The Labute approximate surface area is 117 Å². The third kappa shape index (κ3) is 2.83. The standard InChI is InChI=1S/C14H19NO5/c1-9(17)15-12-11(8-16)20-13(18)14(12,19)7-10-5-3-2-4-6-10/h2-6,11-13,16,18-19H,7-8H2,1H3,(H,15,17)/t11-,12-,13+,14-/m1/s1. The SMILES string of the molecule is CC(=O)N[C@@H]1[C@@H](CO)O[C@H](O)[C@@]1(O)Cc1ccccc1. The van der Waals surface area contributed by atoms with E-state index in [4.69, 9.17) is 4.74 Å². The lowest BCUT2D eigenvalue weighted by atomic mass is 9.86. The van der Waals surface area contributed by atoms with Crippen LogP contribution in [0.5, 0.6) is 0 Å². The fraction of sp³-hybridized carbons (Fsp3) is 0.500. The largest absolute Gasteiger partial charge is 0.394 e. The van der Waals surface area contributed by atoms with Gasteiger partial charge < -0.3 is 25.4 Å². The number of rotatable bonds is 4. The third-order valence-electron chi connectivity index (χ3n) is 3.51. The zero-order chi connectivity index (χ0) is 14.8. The summed E-state index contributed by atoms with van der Waals surface area (Å²) < 4.78 is 5.15. The van der Waals surface area contributed by atoms with Crippen LogP contribution in [-0.2, 0) is 16.0 Å². The highest BCUT2D eigenvalue weighted by atomic mass is 16.6. The summed E-state index contributed by atoms with van der Waals surface area (Å²) in [6.07, 6.45) is -2.21. The first kappa shape index (κ1) is 14.9. The van der Waals surface area contributed by atoms with E-state index >= 15 is 0 Å². The summed E-state index contributed by atoms with van der Waals surface area (Å²) in [5, 5.41) is 32.5. The first-order valence-electron chi connectivity index (χ1n) is 6.45. The summed E-state index contributed by atoms with van der Waals surface area (Å²) in [6, 6.07) is 8.22. The predicted molar refractivity (Wildman–Crippen MR) is 70.7 cm³/mol. The van der Waals surface area contributed by atoms with Crippen LogP contribution in [0.3, 0.4) is 0 Å². The van der Waals surface area contributed by atoms with E-state index in [0.717, 1.165) is 5.56 Å². The summed E-state index contributed by atoms with van der Waals surface area (Å²) in [6.45, 7) is 0.904. The van der Waals surface area contributed by atoms with E-state index in [9.17, 15) is 20.1 Å². The fourth-order valence-electron chi connectivity index (χ4n) is 2.54. The lowest BCUT2D eigenvalue weighted by Gasteiger charge is -2.32. The van der Waals surface area contributed by atoms with Crippen molar-refractivity contribution in [2.45, 2.75) is 37.4 Å². The van der Waals surface area contributed by atoms with Gasteiger partial charge in [-0.1, -0.05) is 30.3 Å². The second-order valence-electron chi connectivity index (χ2n) is 5.04. The van der Waals surface area contributed by atoms with E-state index in [1.807, 2.05) is 30.3 Å². The lowest BCUT2D eigenvalue weighted by molar-refractivity contribution is -0.172. The second kappa shape index (κ2) is 5.88. The summed E-state index contributed by atoms with van der Waals surface area (Å²) >= 11 is 0. The predicted octanol–water partition coefficient (Wildman–Crippen LogP) is -0.826. The number of aliphatic hydroxyl groups is 3. The molecule has 2 rings (SSSR count). The van der Waals surface area contributed by atoms with Crippen molar-refractivity contribution in [2.24, 2.45) is 0 Å². The maximum absolute atomic E-state index is 11.3. The first-order valence-corrected chi connectivity index (χ1v) is 6.45. The molecule has 1 saturated heterocycles. The summed E-state index contributed by atoms with van der Waals surface area (Å²) in [5.74, 6) is -0.363. The number of amides is 1. The molecule has 1 aromatic rings. The highest BCUT2D eigenvalue weighted by molar-refractivity contribution is 5.73. The van der Waals surface area contributed by atoms with E-state index in [1.165, 1.54) is 6.92 Å². The zero-order valence-electron chi connectivity index (χ0n) is 11.2. The Bertz CT molecular complexity index is 466. The Morgan fingerprint density at radius 2 is 2.05 bits per heavy atom.